The van der Waals surface area contributed by atoms with Gasteiger partial charge in [-0.15, -0.1) is 10.2 Å². The minimum Gasteiger partial charge on any atom is -0.497 e. The van der Waals surface area contributed by atoms with Crippen LogP contribution in [0.25, 0.3) is 11.4 Å². The summed E-state index contributed by atoms with van der Waals surface area (Å²) in [5.74, 6) is 2.52. The van der Waals surface area contributed by atoms with Crippen LogP contribution in [0.15, 0.2) is 53.7 Å². The van der Waals surface area contributed by atoms with E-state index in [1.165, 1.54) is 5.56 Å². The number of benzene rings is 2. The van der Waals surface area contributed by atoms with Crippen LogP contribution in [0.4, 0.5) is 0 Å². The molecule has 0 amide bonds. The van der Waals surface area contributed by atoms with Gasteiger partial charge in [-0.25, -0.2) is 0 Å². The highest BCUT2D eigenvalue weighted by Gasteiger charge is 2.13. The van der Waals surface area contributed by atoms with Crippen LogP contribution in [0.3, 0.4) is 0 Å². The van der Waals surface area contributed by atoms with Crippen molar-refractivity contribution in [2.24, 2.45) is 0 Å². The zero-order valence-electron chi connectivity index (χ0n) is 13.6. The van der Waals surface area contributed by atoms with Gasteiger partial charge >= 0.3 is 0 Å². The number of ether oxygens (including phenoxy) is 1. The van der Waals surface area contributed by atoms with Crippen molar-refractivity contribution in [3.05, 3.63) is 59.1 Å². The summed E-state index contributed by atoms with van der Waals surface area (Å²) in [6.07, 6.45) is 0. The van der Waals surface area contributed by atoms with E-state index in [1.807, 2.05) is 42.5 Å². The van der Waals surface area contributed by atoms with Crippen LogP contribution in [0.1, 0.15) is 12.5 Å². The third kappa shape index (κ3) is 3.74. The van der Waals surface area contributed by atoms with Gasteiger partial charge in [-0.2, -0.15) is 0 Å². The highest BCUT2D eigenvalue weighted by Crippen LogP contribution is 2.28. The first-order chi connectivity index (χ1) is 11.7. The van der Waals surface area contributed by atoms with Crippen molar-refractivity contribution in [3.8, 4) is 17.1 Å². The van der Waals surface area contributed by atoms with Crippen LogP contribution in [-0.4, -0.2) is 21.9 Å². The molecule has 0 bridgehead atoms. The topological polar surface area (TPSA) is 39.9 Å². The lowest BCUT2D eigenvalue weighted by Crippen LogP contribution is -2.00. The molecule has 24 heavy (non-hydrogen) atoms. The molecule has 6 heteroatoms. The molecule has 3 aromatic rings. The molecule has 124 valence electrons. The van der Waals surface area contributed by atoms with Gasteiger partial charge < -0.3 is 9.30 Å². The van der Waals surface area contributed by atoms with Gasteiger partial charge in [0.05, 0.1) is 7.11 Å². The van der Waals surface area contributed by atoms with Gasteiger partial charge in [0, 0.05) is 22.9 Å². The van der Waals surface area contributed by atoms with Gasteiger partial charge in [0.1, 0.15) is 5.75 Å². The number of rotatable bonds is 6. The minimum atomic E-state index is 0.698. The molecule has 1 aromatic heterocycles. The van der Waals surface area contributed by atoms with Crippen molar-refractivity contribution in [2.75, 3.05) is 7.11 Å². The molecule has 4 nitrogen and oxygen atoms in total. The molecule has 0 fully saturated rings. The molecule has 2 aromatic carbocycles. The number of thioether (sulfide) groups is 1. The second-order valence-electron chi connectivity index (χ2n) is 5.20. The average Bonchev–Trinajstić information content (AvgIpc) is 3.03. The van der Waals surface area contributed by atoms with E-state index >= 15 is 0 Å². The maximum Gasteiger partial charge on any atom is 0.191 e. The van der Waals surface area contributed by atoms with Crippen molar-refractivity contribution in [1.29, 1.82) is 0 Å². The molecule has 0 aliphatic rings. The summed E-state index contributed by atoms with van der Waals surface area (Å²) >= 11 is 7.76. The quantitative estimate of drug-likeness (QED) is 0.586. The minimum absolute atomic E-state index is 0.698. The van der Waals surface area contributed by atoms with Gasteiger partial charge in [-0.1, -0.05) is 47.6 Å². The van der Waals surface area contributed by atoms with E-state index < -0.39 is 0 Å². The Hall–Kier alpha value is -1.98. The second-order valence-corrected chi connectivity index (χ2v) is 6.58. The fourth-order valence-corrected chi connectivity index (χ4v) is 3.57. The van der Waals surface area contributed by atoms with E-state index in [4.69, 9.17) is 16.3 Å². The van der Waals surface area contributed by atoms with Crippen molar-refractivity contribution < 1.29 is 4.74 Å². The van der Waals surface area contributed by atoms with Gasteiger partial charge in [0.15, 0.2) is 11.0 Å². The Morgan fingerprint density at radius 2 is 1.96 bits per heavy atom. The van der Waals surface area contributed by atoms with Crippen molar-refractivity contribution >= 4 is 23.4 Å². The van der Waals surface area contributed by atoms with Crippen molar-refractivity contribution in [2.45, 2.75) is 24.4 Å². The summed E-state index contributed by atoms with van der Waals surface area (Å²) in [7, 11) is 1.68. The molecule has 0 atom stereocenters. The fraction of sp³-hybridized carbons (Fsp3) is 0.222. The molecule has 0 aliphatic heterocycles. The Labute approximate surface area is 150 Å². The molecule has 0 saturated carbocycles. The molecule has 0 spiro atoms. The normalized spacial score (nSPS) is 10.8. The summed E-state index contributed by atoms with van der Waals surface area (Å²) in [5.41, 5.74) is 2.17. The van der Waals surface area contributed by atoms with E-state index in [9.17, 15) is 0 Å². The predicted octanol–water partition coefficient (Wildman–Crippen LogP) is 4.92. The number of hydrogen-bond donors (Lipinski definition) is 0. The Balaban J connectivity index is 1.81. The predicted molar refractivity (Wildman–Crippen MR) is 98.7 cm³/mol. The van der Waals surface area contributed by atoms with Gasteiger partial charge in [-0.3, -0.25) is 0 Å². The molecule has 0 unspecified atom stereocenters. The molecule has 0 aliphatic carbocycles. The third-order valence-electron chi connectivity index (χ3n) is 3.62. The zero-order chi connectivity index (χ0) is 16.9. The Kier molecular flexibility index (Phi) is 5.43. The summed E-state index contributed by atoms with van der Waals surface area (Å²) < 4.78 is 7.38. The second kappa shape index (κ2) is 7.73. The summed E-state index contributed by atoms with van der Waals surface area (Å²) in [6.45, 7) is 2.89. The monoisotopic (exact) mass is 359 g/mol. The van der Waals surface area contributed by atoms with Crippen LogP contribution in [-0.2, 0) is 12.3 Å². The van der Waals surface area contributed by atoms with Crippen molar-refractivity contribution in [1.82, 2.24) is 14.8 Å². The Morgan fingerprint density at radius 3 is 2.71 bits per heavy atom. The average molecular weight is 360 g/mol. The van der Waals surface area contributed by atoms with Gasteiger partial charge in [-0.05, 0) is 36.8 Å². The highest BCUT2D eigenvalue weighted by molar-refractivity contribution is 7.98. The lowest BCUT2D eigenvalue weighted by atomic mass is 10.2. The standard InChI is InChI=1S/C18H18ClN3OS/c1-3-22-17(14-7-5-8-15(19)11-14)20-21-18(22)24-12-13-6-4-9-16(10-13)23-2/h4-11H,3,12H2,1-2H3. The van der Waals surface area contributed by atoms with E-state index in [0.717, 1.165) is 34.6 Å². The summed E-state index contributed by atoms with van der Waals surface area (Å²) in [6, 6.07) is 15.8. The number of halogens is 1. The first kappa shape index (κ1) is 16.9. The highest BCUT2D eigenvalue weighted by atomic mass is 35.5. The number of methoxy groups -OCH3 is 1. The van der Waals surface area contributed by atoms with Crippen LogP contribution in [0, 0.1) is 0 Å². The van der Waals surface area contributed by atoms with Crippen molar-refractivity contribution in [3.63, 3.8) is 0 Å². The first-order valence-electron chi connectivity index (χ1n) is 7.66. The maximum atomic E-state index is 6.09. The smallest absolute Gasteiger partial charge is 0.191 e. The molecule has 0 radical (unpaired) electrons. The summed E-state index contributed by atoms with van der Waals surface area (Å²) in [5, 5.41) is 10.3. The maximum absolute atomic E-state index is 6.09. The number of nitrogens with zero attached hydrogens (tertiary/aromatic N) is 3. The molecule has 0 saturated heterocycles. The number of aromatic nitrogens is 3. The summed E-state index contributed by atoms with van der Waals surface area (Å²) in [4.78, 5) is 0. The first-order valence-corrected chi connectivity index (χ1v) is 9.02. The Morgan fingerprint density at radius 1 is 1.12 bits per heavy atom. The molecule has 3 rings (SSSR count). The Bertz CT molecular complexity index is 835. The van der Waals surface area contributed by atoms with Gasteiger partial charge in [0.2, 0.25) is 0 Å². The van der Waals surface area contributed by atoms with Crippen LogP contribution in [0.5, 0.6) is 5.75 Å². The molecule has 0 N–H and O–H groups in total. The van der Waals surface area contributed by atoms with Crippen LogP contribution < -0.4 is 4.74 Å². The lowest BCUT2D eigenvalue weighted by Gasteiger charge is -2.08. The van der Waals surface area contributed by atoms with E-state index in [-0.39, 0.29) is 0 Å². The largest absolute Gasteiger partial charge is 0.497 e. The van der Waals surface area contributed by atoms with Crippen LogP contribution in [0.2, 0.25) is 5.02 Å². The number of hydrogen-bond acceptors (Lipinski definition) is 4. The molecule has 1 heterocycles. The van der Waals surface area contributed by atoms with Crippen LogP contribution >= 0.6 is 23.4 Å². The van der Waals surface area contributed by atoms with E-state index in [1.54, 1.807) is 18.9 Å². The van der Waals surface area contributed by atoms with E-state index in [2.05, 4.69) is 27.8 Å². The molecular formula is C18H18ClN3OS. The fourth-order valence-electron chi connectivity index (χ4n) is 2.43. The third-order valence-corrected chi connectivity index (χ3v) is 4.89. The van der Waals surface area contributed by atoms with Gasteiger partial charge in [0.25, 0.3) is 0 Å². The molecular weight excluding hydrogens is 342 g/mol. The SMILES string of the molecule is CCn1c(SCc2cccc(OC)c2)nnc1-c1cccc(Cl)c1. The lowest BCUT2D eigenvalue weighted by molar-refractivity contribution is 0.414. The van der Waals surface area contributed by atoms with E-state index in [0.29, 0.717) is 5.02 Å². The zero-order valence-corrected chi connectivity index (χ0v) is 15.1.